The number of carbonyl (C=O) groups is 1. The van der Waals surface area contributed by atoms with E-state index >= 15 is 0 Å². The van der Waals surface area contributed by atoms with Gasteiger partial charge < -0.3 is 11.1 Å². The minimum absolute atomic E-state index is 0.0321. The molecule has 0 aliphatic heterocycles. The Labute approximate surface area is 96.0 Å². The zero-order chi connectivity index (χ0) is 12.0. The van der Waals surface area contributed by atoms with Crippen molar-refractivity contribution in [3.8, 4) is 0 Å². The molecule has 0 aliphatic rings. The van der Waals surface area contributed by atoms with Crippen molar-refractivity contribution in [1.29, 1.82) is 0 Å². The predicted molar refractivity (Wildman–Crippen MR) is 62.7 cm³/mol. The summed E-state index contributed by atoms with van der Waals surface area (Å²) >= 11 is 0. The summed E-state index contributed by atoms with van der Waals surface area (Å²) in [5.41, 5.74) is 5.52. The highest BCUT2D eigenvalue weighted by Crippen LogP contribution is 2.01. The second-order valence-corrected chi connectivity index (χ2v) is 3.98. The maximum Gasteiger partial charge on any atom is 0.224 e. The van der Waals surface area contributed by atoms with E-state index in [-0.39, 0.29) is 17.9 Å². The molecule has 0 saturated carbocycles. The third-order valence-electron chi connectivity index (χ3n) is 2.56. The fourth-order valence-electron chi connectivity index (χ4n) is 1.55. The average molecular weight is 224 g/mol. The molecular formula is C11H20N4O. The number of nitrogens with zero attached hydrogens (tertiary/aromatic N) is 2. The topological polar surface area (TPSA) is 72.9 Å². The van der Waals surface area contributed by atoms with Gasteiger partial charge in [-0.1, -0.05) is 6.92 Å². The van der Waals surface area contributed by atoms with Crippen molar-refractivity contribution >= 4 is 5.91 Å². The van der Waals surface area contributed by atoms with Crippen LogP contribution in [0.2, 0.25) is 0 Å². The molecule has 0 aromatic carbocycles. The van der Waals surface area contributed by atoms with Crippen LogP contribution in [0.15, 0.2) is 18.5 Å². The van der Waals surface area contributed by atoms with E-state index in [1.807, 2.05) is 26.1 Å². The number of amides is 1. The van der Waals surface area contributed by atoms with Crippen LogP contribution in [0.3, 0.4) is 0 Å². The monoisotopic (exact) mass is 224 g/mol. The molecule has 2 unspecified atom stereocenters. The Morgan fingerprint density at radius 3 is 2.88 bits per heavy atom. The van der Waals surface area contributed by atoms with E-state index in [1.54, 1.807) is 10.9 Å². The van der Waals surface area contributed by atoms with E-state index in [0.717, 1.165) is 6.42 Å². The molecule has 0 fully saturated rings. The summed E-state index contributed by atoms with van der Waals surface area (Å²) in [4.78, 5) is 11.7. The molecule has 0 saturated heterocycles. The van der Waals surface area contributed by atoms with Crippen molar-refractivity contribution in [1.82, 2.24) is 15.1 Å². The Balaban J connectivity index is 2.39. The van der Waals surface area contributed by atoms with E-state index in [4.69, 9.17) is 5.73 Å². The summed E-state index contributed by atoms with van der Waals surface area (Å²) in [6.07, 6.45) is 4.38. The van der Waals surface area contributed by atoms with Gasteiger partial charge in [0, 0.05) is 30.9 Å². The lowest BCUT2D eigenvalue weighted by atomic mass is 10.1. The van der Waals surface area contributed by atoms with Crippen LogP contribution in [-0.4, -0.2) is 28.3 Å². The molecule has 16 heavy (non-hydrogen) atoms. The molecule has 0 bridgehead atoms. The van der Waals surface area contributed by atoms with Crippen LogP contribution in [0.5, 0.6) is 0 Å². The van der Waals surface area contributed by atoms with Gasteiger partial charge in [0.15, 0.2) is 0 Å². The van der Waals surface area contributed by atoms with Crippen LogP contribution < -0.4 is 11.1 Å². The third-order valence-corrected chi connectivity index (χ3v) is 2.56. The first-order valence-corrected chi connectivity index (χ1v) is 5.65. The molecule has 0 aliphatic carbocycles. The minimum atomic E-state index is -0.0833. The minimum Gasteiger partial charge on any atom is -0.352 e. The van der Waals surface area contributed by atoms with Gasteiger partial charge in [-0.25, -0.2) is 0 Å². The Bertz CT molecular complexity index is 306. The Morgan fingerprint density at radius 1 is 1.62 bits per heavy atom. The molecule has 1 heterocycles. The number of hydrogen-bond acceptors (Lipinski definition) is 3. The van der Waals surface area contributed by atoms with Gasteiger partial charge >= 0.3 is 0 Å². The van der Waals surface area contributed by atoms with Gasteiger partial charge in [-0.15, -0.1) is 0 Å². The number of aromatic nitrogens is 2. The summed E-state index contributed by atoms with van der Waals surface area (Å²) < 4.78 is 1.80. The summed E-state index contributed by atoms with van der Waals surface area (Å²) in [5.74, 6) is -0.0512. The molecule has 1 rings (SSSR count). The fraction of sp³-hybridized carbons (Fsp3) is 0.636. The largest absolute Gasteiger partial charge is 0.352 e. The van der Waals surface area contributed by atoms with Gasteiger partial charge in [-0.2, -0.15) is 5.10 Å². The standard InChI is InChI=1S/C11H20N4O/c1-3-10(7-12)11(16)14-9(2)8-15-6-4-5-13-15/h4-6,9-10H,3,7-8,12H2,1-2H3,(H,14,16). The fourth-order valence-corrected chi connectivity index (χ4v) is 1.55. The number of nitrogens with two attached hydrogens (primary N) is 1. The second kappa shape index (κ2) is 6.27. The Hall–Kier alpha value is -1.36. The molecule has 3 N–H and O–H groups in total. The van der Waals surface area contributed by atoms with Crippen molar-refractivity contribution in [2.75, 3.05) is 6.54 Å². The van der Waals surface area contributed by atoms with Crippen LogP contribution in [0, 0.1) is 5.92 Å². The van der Waals surface area contributed by atoms with Gasteiger partial charge in [0.1, 0.15) is 0 Å². The quantitative estimate of drug-likeness (QED) is 0.733. The zero-order valence-electron chi connectivity index (χ0n) is 9.89. The first-order valence-electron chi connectivity index (χ1n) is 5.65. The van der Waals surface area contributed by atoms with Crippen LogP contribution in [0.4, 0.5) is 0 Å². The van der Waals surface area contributed by atoms with Crippen molar-refractivity contribution in [3.05, 3.63) is 18.5 Å². The van der Waals surface area contributed by atoms with Crippen molar-refractivity contribution in [2.45, 2.75) is 32.9 Å². The van der Waals surface area contributed by atoms with Crippen LogP contribution in [-0.2, 0) is 11.3 Å². The average Bonchev–Trinajstić information content (AvgIpc) is 2.71. The summed E-state index contributed by atoms with van der Waals surface area (Å²) in [6.45, 7) is 5.01. The van der Waals surface area contributed by atoms with Crippen LogP contribution >= 0.6 is 0 Å². The van der Waals surface area contributed by atoms with Gasteiger partial charge in [0.05, 0.1) is 6.54 Å². The summed E-state index contributed by atoms with van der Waals surface area (Å²) in [5, 5.41) is 7.03. The number of hydrogen-bond donors (Lipinski definition) is 2. The van der Waals surface area contributed by atoms with Gasteiger partial charge in [-0.3, -0.25) is 9.48 Å². The molecule has 1 aromatic heterocycles. The molecule has 5 heteroatoms. The second-order valence-electron chi connectivity index (χ2n) is 3.98. The maximum absolute atomic E-state index is 11.7. The lowest BCUT2D eigenvalue weighted by Crippen LogP contribution is -2.41. The number of carbonyl (C=O) groups excluding carboxylic acids is 1. The normalized spacial score (nSPS) is 14.4. The molecule has 2 atom stereocenters. The number of rotatable bonds is 6. The Kier molecular flexibility index (Phi) is 4.98. The van der Waals surface area contributed by atoms with Gasteiger partial charge in [0.2, 0.25) is 5.91 Å². The molecule has 1 amide bonds. The lowest BCUT2D eigenvalue weighted by Gasteiger charge is -2.18. The van der Waals surface area contributed by atoms with E-state index in [0.29, 0.717) is 13.1 Å². The molecular weight excluding hydrogens is 204 g/mol. The van der Waals surface area contributed by atoms with Crippen molar-refractivity contribution < 1.29 is 4.79 Å². The highest BCUT2D eigenvalue weighted by molar-refractivity contribution is 5.79. The lowest BCUT2D eigenvalue weighted by molar-refractivity contribution is -0.125. The van der Waals surface area contributed by atoms with Gasteiger partial charge in [0.25, 0.3) is 0 Å². The highest BCUT2D eigenvalue weighted by Gasteiger charge is 2.16. The molecule has 90 valence electrons. The third kappa shape index (κ3) is 3.66. The summed E-state index contributed by atoms with van der Waals surface area (Å²) in [6, 6.07) is 1.93. The molecule has 0 radical (unpaired) electrons. The van der Waals surface area contributed by atoms with E-state index in [9.17, 15) is 4.79 Å². The zero-order valence-corrected chi connectivity index (χ0v) is 9.89. The van der Waals surface area contributed by atoms with Crippen molar-refractivity contribution in [3.63, 3.8) is 0 Å². The smallest absolute Gasteiger partial charge is 0.224 e. The molecule has 0 spiro atoms. The SMILES string of the molecule is CCC(CN)C(=O)NC(C)Cn1cccn1. The Morgan fingerprint density at radius 2 is 2.38 bits per heavy atom. The molecule has 5 nitrogen and oxygen atoms in total. The first kappa shape index (κ1) is 12.7. The maximum atomic E-state index is 11.7. The highest BCUT2D eigenvalue weighted by atomic mass is 16.1. The molecule has 1 aromatic rings. The van der Waals surface area contributed by atoms with Crippen LogP contribution in [0.1, 0.15) is 20.3 Å². The summed E-state index contributed by atoms with van der Waals surface area (Å²) in [7, 11) is 0. The van der Waals surface area contributed by atoms with Crippen molar-refractivity contribution in [2.24, 2.45) is 11.7 Å². The predicted octanol–water partition coefficient (Wildman–Crippen LogP) is 0.373. The first-order chi connectivity index (χ1) is 7.67. The van der Waals surface area contributed by atoms with Crippen LogP contribution in [0.25, 0.3) is 0 Å². The van der Waals surface area contributed by atoms with E-state index < -0.39 is 0 Å². The van der Waals surface area contributed by atoms with Gasteiger partial charge in [-0.05, 0) is 19.4 Å². The number of nitrogens with one attached hydrogen (secondary N) is 1. The van der Waals surface area contributed by atoms with E-state index in [1.165, 1.54) is 0 Å². The van der Waals surface area contributed by atoms with E-state index in [2.05, 4.69) is 10.4 Å².